The summed E-state index contributed by atoms with van der Waals surface area (Å²) in [4.78, 5) is 2.38. The Bertz CT molecular complexity index is 842. The summed E-state index contributed by atoms with van der Waals surface area (Å²) in [6, 6.07) is 20.8. The number of benzene rings is 2. The van der Waals surface area contributed by atoms with E-state index in [1.165, 1.54) is 11.1 Å². The molecule has 0 radical (unpaired) electrons. The average molecular weight is 348 g/mol. The van der Waals surface area contributed by atoms with E-state index in [2.05, 4.69) is 72.4 Å². The van der Waals surface area contributed by atoms with E-state index < -0.39 is 0 Å². The van der Waals surface area contributed by atoms with Gasteiger partial charge in [0.15, 0.2) is 5.76 Å². The van der Waals surface area contributed by atoms with E-state index in [1.54, 1.807) is 0 Å². The second-order valence-electron chi connectivity index (χ2n) is 7.08. The predicted octanol–water partition coefficient (Wildman–Crippen LogP) is 4.61. The van der Waals surface area contributed by atoms with Crippen molar-refractivity contribution in [3.8, 4) is 11.3 Å². The Morgan fingerprint density at radius 3 is 2.58 bits per heavy atom. The lowest BCUT2D eigenvalue weighted by Gasteiger charge is -2.36. The number of hydrogen-bond donors (Lipinski definition) is 0. The zero-order valence-corrected chi connectivity index (χ0v) is 15.3. The van der Waals surface area contributed by atoms with Gasteiger partial charge in [0.25, 0.3) is 0 Å². The molecule has 1 fully saturated rings. The normalized spacial score (nSPS) is 21.0. The summed E-state index contributed by atoms with van der Waals surface area (Å²) in [5.41, 5.74) is 4.44. The van der Waals surface area contributed by atoms with Gasteiger partial charge in [0.1, 0.15) is 5.69 Å². The smallest absolute Gasteiger partial charge is 0.151 e. The minimum absolute atomic E-state index is 0.0967. The van der Waals surface area contributed by atoms with Gasteiger partial charge in [-0.2, -0.15) is 0 Å². The first-order valence-electron chi connectivity index (χ1n) is 9.13. The second kappa shape index (κ2) is 7.44. The van der Waals surface area contributed by atoms with Gasteiger partial charge in [0.2, 0.25) is 0 Å². The van der Waals surface area contributed by atoms with Crippen LogP contribution < -0.4 is 0 Å². The van der Waals surface area contributed by atoms with Gasteiger partial charge in [0.05, 0.1) is 18.8 Å². The van der Waals surface area contributed by atoms with Gasteiger partial charge in [-0.15, -0.1) is 0 Å². The van der Waals surface area contributed by atoms with Crippen LogP contribution >= 0.6 is 0 Å². The summed E-state index contributed by atoms with van der Waals surface area (Å²) < 4.78 is 11.7. The summed E-state index contributed by atoms with van der Waals surface area (Å²) in [6.45, 7) is 6.70. The van der Waals surface area contributed by atoms with Crippen LogP contribution in [0.4, 0.5) is 0 Å². The van der Waals surface area contributed by atoms with E-state index in [-0.39, 0.29) is 12.2 Å². The van der Waals surface area contributed by atoms with E-state index in [0.717, 1.165) is 36.7 Å². The molecule has 26 heavy (non-hydrogen) atoms. The summed E-state index contributed by atoms with van der Waals surface area (Å²) >= 11 is 0. The van der Waals surface area contributed by atoms with Crippen molar-refractivity contribution in [2.75, 3.05) is 13.1 Å². The van der Waals surface area contributed by atoms with Crippen molar-refractivity contribution in [3.05, 3.63) is 77.6 Å². The zero-order valence-electron chi connectivity index (χ0n) is 15.3. The molecule has 3 aromatic rings. The molecule has 1 saturated heterocycles. The van der Waals surface area contributed by atoms with Crippen molar-refractivity contribution in [1.29, 1.82) is 0 Å². The quantitative estimate of drug-likeness (QED) is 0.690. The Labute approximate surface area is 154 Å². The number of rotatable bonds is 4. The van der Waals surface area contributed by atoms with Crippen LogP contribution in [0.1, 0.15) is 29.9 Å². The fraction of sp³-hybridized carbons (Fsp3) is 0.318. The SMILES string of the molecule is Cc1ccc(-c2cc(CN3CC(C)OC(c4ccccc4)C3)on2)cc1. The maximum Gasteiger partial charge on any atom is 0.151 e. The molecule has 1 aromatic heterocycles. The maximum atomic E-state index is 6.14. The van der Waals surface area contributed by atoms with E-state index in [1.807, 2.05) is 12.1 Å². The highest BCUT2D eigenvalue weighted by molar-refractivity contribution is 5.59. The van der Waals surface area contributed by atoms with Crippen molar-refractivity contribution in [2.24, 2.45) is 0 Å². The highest BCUT2D eigenvalue weighted by Crippen LogP contribution is 2.27. The largest absolute Gasteiger partial charge is 0.368 e. The molecule has 134 valence electrons. The first kappa shape index (κ1) is 17.0. The minimum Gasteiger partial charge on any atom is -0.368 e. The molecule has 2 unspecified atom stereocenters. The molecule has 4 heteroatoms. The third kappa shape index (κ3) is 3.87. The van der Waals surface area contributed by atoms with Gasteiger partial charge < -0.3 is 9.26 Å². The average Bonchev–Trinajstić information content (AvgIpc) is 3.11. The third-order valence-corrected chi connectivity index (χ3v) is 4.79. The lowest BCUT2D eigenvalue weighted by atomic mass is 10.1. The number of ether oxygens (including phenoxy) is 1. The van der Waals surface area contributed by atoms with Crippen molar-refractivity contribution < 1.29 is 9.26 Å². The molecule has 4 nitrogen and oxygen atoms in total. The molecule has 0 bridgehead atoms. The molecule has 0 saturated carbocycles. The van der Waals surface area contributed by atoms with Gasteiger partial charge in [-0.05, 0) is 19.4 Å². The number of morpholine rings is 1. The molecule has 1 aliphatic heterocycles. The Morgan fingerprint density at radius 2 is 1.81 bits per heavy atom. The summed E-state index contributed by atoms with van der Waals surface area (Å²) in [6.07, 6.45) is 0.285. The molecule has 2 aromatic carbocycles. The Balaban J connectivity index is 1.46. The highest BCUT2D eigenvalue weighted by atomic mass is 16.5. The van der Waals surface area contributed by atoms with Gasteiger partial charge in [-0.3, -0.25) is 4.90 Å². The molecular weight excluding hydrogens is 324 g/mol. The lowest BCUT2D eigenvalue weighted by Crippen LogP contribution is -2.42. The van der Waals surface area contributed by atoms with E-state index in [9.17, 15) is 0 Å². The van der Waals surface area contributed by atoms with E-state index in [0.29, 0.717) is 0 Å². The third-order valence-electron chi connectivity index (χ3n) is 4.79. The summed E-state index contributed by atoms with van der Waals surface area (Å²) in [7, 11) is 0. The Kier molecular flexibility index (Phi) is 4.87. The van der Waals surface area contributed by atoms with Crippen molar-refractivity contribution >= 4 is 0 Å². The monoisotopic (exact) mass is 348 g/mol. The van der Waals surface area contributed by atoms with Crippen LogP contribution in [0, 0.1) is 6.92 Å². The van der Waals surface area contributed by atoms with Crippen LogP contribution in [-0.4, -0.2) is 29.3 Å². The Hall–Kier alpha value is -2.43. The molecule has 0 N–H and O–H groups in total. The lowest BCUT2D eigenvalue weighted by molar-refractivity contribution is -0.0829. The maximum absolute atomic E-state index is 6.14. The van der Waals surface area contributed by atoms with E-state index >= 15 is 0 Å². The van der Waals surface area contributed by atoms with Gasteiger partial charge in [-0.25, -0.2) is 0 Å². The number of nitrogens with zero attached hydrogens (tertiary/aromatic N) is 2. The first-order valence-corrected chi connectivity index (χ1v) is 9.13. The van der Waals surface area contributed by atoms with Crippen LogP contribution in [0.25, 0.3) is 11.3 Å². The van der Waals surface area contributed by atoms with Crippen LogP contribution in [0.5, 0.6) is 0 Å². The van der Waals surface area contributed by atoms with Crippen LogP contribution in [0.3, 0.4) is 0 Å². The van der Waals surface area contributed by atoms with Gasteiger partial charge >= 0.3 is 0 Å². The molecule has 1 aliphatic rings. The minimum atomic E-state index is 0.0967. The molecule has 0 amide bonds. The zero-order chi connectivity index (χ0) is 17.9. The Morgan fingerprint density at radius 1 is 1.04 bits per heavy atom. The molecular formula is C22H24N2O2. The van der Waals surface area contributed by atoms with Crippen molar-refractivity contribution in [3.63, 3.8) is 0 Å². The fourth-order valence-corrected chi connectivity index (χ4v) is 3.49. The standard InChI is InChI=1S/C22H24N2O2/c1-16-8-10-18(11-9-16)21-12-20(26-23-21)14-24-13-17(2)25-22(15-24)19-6-4-3-5-7-19/h3-12,17,22H,13-15H2,1-2H3. The topological polar surface area (TPSA) is 38.5 Å². The fourth-order valence-electron chi connectivity index (χ4n) is 3.49. The first-order chi connectivity index (χ1) is 12.7. The molecule has 0 aliphatic carbocycles. The van der Waals surface area contributed by atoms with Crippen molar-refractivity contribution in [1.82, 2.24) is 10.1 Å². The second-order valence-corrected chi connectivity index (χ2v) is 7.08. The van der Waals surface area contributed by atoms with Gasteiger partial charge in [-0.1, -0.05) is 65.3 Å². The molecule has 4 rings (SSSR count). The number of aryl methyl sites for hydroxylation is 1. The predicted molar refractivity (Wildman–Crippen MR) is 102 cm³/mol. The number of hydrogen-bond acceptors (Lipinski definition) is 4. The molecule has 2 heterocycles. The summed E-state index contributed by atoms with van der Waals surface area (Å²) in [5, 5.41) is 4.24. The van der Waals surface area contributed by atoms with E-state index in [4.69, 9.17) is 9.26 Å². The number of aromatic nitrogens is 1. The van der Waals surface area contributed by atoms with Gasteiger partial charge in [0, 0.05) is 24.7 Å². The summed E-state index contributed by atoms with van der Waals surface area (Å²) in [5.74, 6) is 0.890. The van der Waals surface area contributed by atoms with Crippen LogP contribution in [-0.2, 0) is 11.3 Å². The van der Waals surface area contributed by atoms with Crippen LogP contribution in [0.2, 0.25) is 0 Å². The van der Waals surface area contributed by atoms with Crippen LogP contribution in [0.15, 0.2) is 65.2 Å². The highest BCUT2D eigenvalue weighted by Gasteiger charge is 2.27. The molecule has 2 atom stereocenters. The van der Waals surface area contributed by atoms with Crippen molar-refractivity contribution in [2.45, 2.75) is 32.6 Å². The molecule has 0 spiro atoms.